The summed E-state index contributed by atoms with van der Waals surface area (Å²) < 4.78 is 0. The lowest BCUT2D eigenvalue weighted by atomic mass is 9.97. The first kappa shape index (κ1) is 12.5. The first-order chi connectivity index (χ1) is 9.06. The minimum Gasteiger partial charge on any atom is -0.384 e. The van der Waals surface area contributed by atoms with E-state index in [1.165, 1.54) is 17.7 Å². The van der Waals surface area contributed by atoms with Crippen LogP contribution in [0.25, 0.3) is 0 Å². The summed E-state index contributed by atoms with van der Waals surface area (Å²) in [6.45, 7) is 6.25. The fraction of sp³-hybridized carbons (Fsp3) is 0.562. The van der Waals surface area contributed by atoms with Crippen LogP contribution in [0.2, 0.25) is 0 Å². The molecule has 1 saturated carbocycles. The van der Waals surface area contributed by atoms with E-state index >= 15 is 0 Å². The molecule has 1 amide bonds. The predicted molar refractivity (Wildman–Crippen MR) is 77.2 cm³/mol. The second kappa shape index (κ2) is 4.55. The van der Waals surface area contributed by atoms with Crippen molar-refractivity contribution in [2.24, 2.45) is 11.3 Å². The van der Waals surface area contributed by atoms with Gasteiger partial charge in [0.05, 0.1) is 0 Å². The van der Waals surface area contributed by atoms with Crippen LogP contribution in [0, 0.1) is 11.3 Å². The zero-order chi connectivity index (χ0) is 13.5. The number of rotatable bonds is 4. The van der Waals surface area contributed by atoms with Gasteiger partial charge in [0.2, 0.25) is 5.91 Å². The molecule has 0 saturated heterocycles. The largest absolute Gasteiger partial charge is 0.384 e. The Morgan fingerprint density at radius 3 is 2.89 bits per heavy atom. The fourth-order valence-corrected chi connectivity index (χ4v) is 3.00. The molecule has 1 aliphatic heterocycles. The molecule has 1 aliphatic carbocycles. The summed E-state index contributed by atoms with van der Waals surface area (Å²) in [5.41, 5.74) is 2.91. The van der Waals surface area contributed by atoms with Crippen molar-refractivity contribution in [2.45, 2.75) is 32.6 Å². The third-order valence-electron chi connectivity index (χ3n) is 4.63. The molecule has 1 aromatic carbocycles. The quantitative estimate of drug-likeness (QED) is 0.872. The van der Waals surface area contributed by atoms with Crippen molar-refractivity contribution in [3.63, 3.8) is 0 Å². The molecule has 0 radical (unpaired) electrons. The third-order valence-corrected chi connectivity index (χ3v) is 4.63. The molecule has 0 spiro atoms. The Kier molecular flexibility index (Phi) is 3.00. The van der Waals surface area contributed by atoms with E-state index in [-0.39, 0.29) is 5.91 Å². The summed E-state index contributed by atoms with van der Waals surface area (Å²) in [7, 11) is 0. The van der Waals surface area contributed by atoms with Gasteiger partial charge in [-0.1, -0.05) is 32.0 Å². The lowest BCUT2D eigenvalue weighted by Gasteiger charge is -2.11. The minimum atomic E-state index is 0.186. The van der Waals surface area contributed by atoms with Crippen LogP contribution in [0.15, 0.2) is 24.3 Å². The highest BCUT2D eigenvalue weighted by Gasteiger charge is 2.45. The zero-order valence-corrected chi connectivity index (χ0v) is 11.7. The molecular weight excluding hydrogens is 236 g/mol. The van der Waals surface area contributed by atoms with Crippen molar-refractivity contribution in [1.29, 1.82) is 0 Å². The Labute approximate surface area is 114 Å². The summed E-state index contributed by atoms with van der Waals surface area (Å²) in [5.74, 6) is 1.18. The highest BCUT2D eigenvalue weighted by atomic mass is 16.1. The van der Waals surface area contributed by atoms with Gasteiger partial charge in [-0.15, -0.1) is 0 Å². The Morgan fingerprint density at radius 2 is 2.16 bits per heavy atom. The molecule has 1 heterocycles. The van der Waals surface area contributed by atoms with Crippen LogP contribution >= 0.6 is 0 Å². The molecule has 0 aromatic heterocycles. The van der Waals surface area contributed by atoms with Gasteiger partial charge >= 0.3 is 0 Å². The van der Waals surface area contributed by atoms with Crippen LogP contribution in [-0.4, -0.2) is 19.0 Å². The molecule has 2 atom stereocenters. The number of amides is 1. The molecule has 1 aromatic rings. The molecule has 102 valence electrons. The van der Waals surface area contributed by atoms with Crippen LogP contribution in [0.4, 0.5) is 5.69 Å². The van der Waals surface area contributed by atoms with Gasteiger partial charge in [0.1, 0.15) is 0 Å². The van der Waals surface area contributed by atoms with E-state index in [2.05, 4.69) is 36.6 Å². The van der Waals surface area contributed by atoms with Crippen LogP contribution in [0.3, 0.4) is 0 Å². The van der Waals surface area contributed by atoms with E-state index in [0.29, 0.717) is 23.7 Å². The first-order valence-electron chi connectivity index (χ1n) is 7.16. The average molecular weight is 258 g/mol. The van der Waals surface area contributed by atoms with Gasteiger partial charge in [0.25, 0.3) is 0 Å². The first-order valence-corrected chi connectivity index (χ1v) is 7.16. The van der Waals surface area contributed by atoms with Crippen molar-refractivity contribution >= 4 is 11.6 Å². The van der Waals surface area contributed by atoms with E-state index in [0.717, 1.165) is 13.1 Å². The van der Waals surface area contributed by atoms with E-state index in [4.69, 9.17) is 0 Å². The Balaban J connectivity index is 1.51. The van der Waals surface area contributed by atoms with Gasteiger partial charge in [-0.2, -0.15) is 0 Å². The highest BCUT2D eigenvalue weighted by molar-refractivity contribution is 5.78. The van der Waals surface area contributed by atoms with Gasteiger partial charge in [-0.3, -0.25) is 4.79 Å². The molecule has 3 heteroatoms. The van der Waals surface area contributed by atoms with Crippen molar-refractivity contribution in [3.8, 4) is 0 Å². The number of benzene rings is 1. The molecule has 1 fully saturated rings. The maximum Gasteiger partial charge on any atom is 0.220 e. The van der Waals surface area contributed by atoms with Gasteiger partial charge in [-0.25, -0.2) is 0 Å². The standard InChI is InChI=1S/C16H22N2O/c1-16(2)8-12(16)10-18-15(19)7-11-9-17-14-6-4-3-5-13(11)14/h3-6,11-12,17H,7-10H2,1-2H3,(H,18,19). The number of nitrogens with one attached hydrogen (secondary N) is 2. The molecule has 0 bridgehead atoms. The summed E-state index contributed by atoms with van der Waals surface area (Å²) in [6.07, 6.45) is 1.83. The number of hydrogen-bond acceptors (Lipinski definition) is 2. The van der Waals surface area contributed by atoms with Crippen molar-refractivity contribution in [2.75, 3.05) is 18.4 Å². The van der Waals surface area contributed by atoms with E-state index in [1.807, 2.05) is 12.1 Å². The van der Waals surface area contributed by atoms with Gasteiger partial charge in [-0.05, 0) is 29.4 Å². The summed E-state index contributed by atoms with van der Waals surface area (Å²) in [6, 6.07) is 8.28. The van der Waals surface area contributed by atoms with E-state index in [1.54, 1.807) is 0 Å². The van der Waals surface area contributed by atoms with E-state index in [9.17, 15) is 4.79 Å². The predicted octanol–water partition coefficient (Wildman–Crippen LogP) is 2.75. The van der Waals surface area contributed by atoms with Crippen molar-refractivity contribution < 1.29 is 4.79 Å². The SMILES string of the molecule is CC1(C)CC1CNC(=O)CC1CNc2ccccc21. The zero-order valence-electron chi connectivity index (χ0n) is 11.7. The highest BCUT2D eigenvalue weighted by Crippen LogP contribution is 2.51. The van der Waals surface area contributed by atoms with E-state index < -0.39 is 0 Å². The average Bonchev–Trinajstić information content (AvgIpc) is 2.81. The Morgan fingerprint density at radius 1 is 1.42 bits per heavy atom. The lowest BCUT2D eigenvalue weighted by Crippen LogP contribution is -2.28. The van der Waals surface area contributed by atoms with Crippen molar-refractivity contribution in [1.82, 2.24) is 5.32 Å². The molecule has 3 rings (SSSR count). The van der Waals surface area contributed by atoms with Crippen LogP contribution in [0.1, 0.15) is 38.2 Å². The molecule has 19 heavy (non-hydrogen) atoms. The molecule has 2 aliphatic rings. The maximum absolute atomic E-state index is 12.0. The second-order valence-corrected chi connectivity index (χ2v) is 6.56. The van der Waals surface area contributed by atoms with Gasteiger partial charge in [0.15, 0.2) is 0 Å². The van der Waals surface area contributed by atoms with Crippen LogP contribution in [-0.2, 0) is 4.79 Å². The molecular formula is C16H22N2O. The van der Waals surface area contributed by atoms with Crippen molar-refractivity contribution in [3.05, 3.63) is 29.8 Å². The fourth-order valence-electron chi connectivity index (χ4n) is 3.00. The topological polar surface area (TPSA) is 41.1 Å². The molecule has 3 nitrogen and oxygen atoms in total. The lowest BCUT2D eigenvalue weighted by molar-refractivity contribution is -0.121. The van der Waals surface area contributed by atoms with Crippen LogP contribution in [0.5, 0.6) is 0 Å². The molecule has 2 unspecified atom stereocenters. The number of carbonyl (C=O) groups excluding carboxylic acids is 1. The maximum atomic E-state index is 12.0. The summed E-state index contributed by atoms with van der Waals surface area (Å²) >= 11 is 0. The third kappa shape index (κ3) is 2.60. The second-order valence-electron chi connectivity index (χ2n) is 6.56. The van der Waals surface area contributed by atoms with Gasteiger partial charge < -0.3 is 10.6 Å². The number of hydrogen-bond donors (Lipinski definition) is 2. The minimum absolute atomic E-state index is 0.186. The monoisotopic (exact) mass is 258 g/mol. The number of anilines is 1. The number of carbonyl (C=O) groups is 1. The number of fused-ring (bicyclic) bond motifs is 1. The smallest absolute Gasteiger partial charge is 0.220 e. The van der Waals surface area contributed by atoms with Crippen LogP contribution < -0.4 is 10.6 Å². The summed E-state index contributed by atoms with van der Waals surface area (Å²) in [5, 5.41) is 6.46. The molecule has 2 N–H and O–H groups in total. The Bertz CT molecular complexity index is 495. The normalized spacial score (nSPS) is 26.4. The summed E-state index contributed by atoms with van der Waals surface area (Å²) in [4.78, 5) is 12.0. The number of para-hydroxylation sites is 1. The Hall–Kier alpha value is -1.51. The van der Waals surface area contributed by atoms with Gasteiger partial charge in [0, 0.05) is 31.1 Å².